The first-order valence-electron chi connectivity index (χ1n) is 8.44. The SMILES string of the molecule is Cc1cc(C(=O)N2C[C@@H](C(=O)O)C[C@H](C(=O)Nc3ccc(F)cc3)C2)n[nH]1. The molecule has 0 radical (unpaired) electrons. The van der Waals surface area contributed by atoms with Crippen LogP contribution in [0.25, 0.3) is 0 Å². The van der Waals surface area contributed by atoms with Gasteiger partial charge in [0.05, 0.1) is 11.8 Å². The van der Waals surface area contributed by atoms with Gasteiger partial charge in [0.1, 0.15) is 11.5 Å². The number of carboxylic acid groups (broad SMARTS) is 1. The van der Waals surface area contributed by atoms with Crippen LogP contribution in [0.1, 0.15) is 22.6 Å². The van der Waals surface area contributed by atoms with Crippen LogP contribution in [0.3, 0.4) is 0 Å². The van der Waals surface area contributed by atoms with Crippen LogP contribution in [0.4, 0.5) is 10.1 Å². The van der Waals surface area contributed by atoms with Crippen LogP contribution in [0.5, 0.6) is 0 Å². The van der Waals surface area contributed by atoms with E-state index in [1.807, 2.05) is 0 Å². The van der Waals surface area contributed by atoms with Crippen molar-refractivity contribution in [3.63, 3.8) is 0 Å². The summed E-state index contributed by atoms with van der Waals surface area (Å²) in [5.41, 5.74) is 1.28. The first-order valence-corrected chi connectivity index (χ1v) is 8.44. The molecule has 1 aliphatic heterocycles. The van der Waals surface area contributed by atoms with Crippen LogP contribution >= 0.6 is 0 Å². The fourth-order valence-electron chi connectivity index (χ4n) is 3.10. The second-order valence-corrected chi connectivity index (χ2v) is 6.61. The number of aliphatic carboxylic acids is 1. The van der Waals surface area contributed by atoms with Gasteiger partial charge in [-0.2, -0.15) is 5.10 Å². The van der Waals surface area contributed by atoms with Gasteiger partial charge < -0.3 is 15.3 Å². The lowest BCUT2D eigenvalue weighted by molar-refractivity contribution is -0.144. The maximum Gasteiger partial charge on any atom is 0.308 e. The van der Waals surface area contributed by atoms with E-state index in [1.165, 1.54) is 29.2 Å². The Labute approximate surface area is 154 Å². The Bertz CT molecular complexity index is 865. The zero-order valence-corrected chi connectivity index (χ0v) is 14.6. The van der Waals surface area contributed by atoms with Crippen molar-refractivity contribution in [1.82, 2.24) is 15.1 Å². The summed E-state index contributed by atoms with van der Waals surface area (Å²) in [4.78, 5) is 38.0. The molecule has 1 aliphatic rings. The second kappa shape index (κ2) is 7.56. The Morgan fingerprint density at radius 1 is 1.22 bits per heavy atom. The number of nitrogens with one attached hydrogen (secondary N) is 2. The van der Waals surface area contributed by atoms with Gasteiger partial charge in [0.25, 0.3) is 5.91 Å². The maximum absolute atomic E-state index is 13.0. The number of aromatic amines is 1. The summed E-state index contributed by atoms with van der Waals surface area (Å²) < 4.78 is 13.0. The van der Waals surface area contributed by atoms with Crippen molar-refractivity contribution < 1.29 is 23.9 Å². The molecular formula is C18H19FN4O4. The summed E-state index contributed by atoms with van der Waals surface area (Å²) in [6.07, 6.45) is 0.117. The Balaban J connectivity index is 1.75. The standard InChI is InChI=1S/C18H19FN4O4/c1-10-6-15(22-21-10)17(25)23-8-11(7-12(9-23)18(26)27)16(24)20-14-4-2-13(19)3-5-14/h2-6,11-12H,7-9H2,1H3,(H,20,24)(H,21,22)(H,26,27)/t11-,12-/m0/s1. The van der Waals surface area contributed by atoms with Gasteiger partial charge in [-0.3, -0.25) is 19.5 Å². The van der Waals surface area contributed by atoms with Crippen LogP contribution in [0, 0.1) is 24.6 Å². The van der Waals surface area contributed by atoms with E-state index >= 15 is 0 Å². The molecule has 3 N–H and O–H groups in total. The van der Waals surface area contributed by atoms with Crippen molar-refractivity contribution in [3.8, 4) is 0 Å². The Hall–Kier alpha value is -3.23. The number of likely N-dealkylation sites (tertiary alicyclic amines) is 1. The molecule has 0 saturated carbocycles. The minimum absolute atomic E-state index is 0.0143. The van der Waals surface area contributed by atoms with Gasteiger partial charge in [-0.15, -0.1) is 0 Å². The number of nitrogens with zero attached hydrogens (tertiary/aromatic N) is 2. The quantitative estimate of drug-likeness (QED) is 0.753. The van der Waals surface area contributed by atoms with Crippen LogP contribution in [0.15, 0.2) is 30.3 Å². The molecule has 9 heteroatoms. The van der Waals surface area contributed by atoms with E-state index in [9.17, 15) is 23.9 Å². The molecule has 1 saturated heterocycles. The number of halogens is 1. The monoisotopic (exact) mass is 374 g/mol. The number of aryl methyl sites for hydroxylation is 1. The molecule has 8 nitrogen and oxygen atoms in total. The minimum Gasteiger partial charge on any atom is -0.481 e. The second-order valence-electron chi connectivity index (χ2n) is 6.61. The zero-order valence-electron chi connectivity index (χ0n) is 14.6. The predicted molar refractivity (Wildman–Crippen MR) is 93.5 cm³/mol. The van der Waals surface area contributed by atoms with Crippen molar-refractivity contribution in [2.75, 3.05) is 18.4 Å². The topological polar surface area (TPSA) is 115 Å². The van der Waals surface area contributed by atoms with E-state index < -0.39 is 35.4 Å². The number of H-pyrrole nitrogens is 1. The zero-order chi connectivity index (χ0) is 19.6. The molecule has 0 unspecified atom stereocenters. The lowest BCUT2D eigenvalue weighted by Gasteiger charge is -2.35. The Morgan fingerprint density at radius 3 is 2.48 bits per heavy atom. The van der Waals surface area contributed by atoms with E-state index in [1.54, 1.807) is 13.0 Å². The summed E-state index contributed by atoms with van der Waals surface area (Å²) in [5.74, 6) is -3.89. The highest BCUT2D eigenvalue weighted by Gasteiger charge is 2.37. The Morgan fingerprint density at radius 2 is 1.89 bits per heavy atom. The number of carbonyl (C=O) groups excluding carboxylic acids is 2. The third kappa shape index (κ3) is 4.30. The highest BCUT2D eigenvalue weighted by molar-refractivity contribution is 5.96. The van der Waals surface area contributed by atoms with E-state index in [4.69, 9.17) is 0 Å². The fraction of sp³-hybridized carbons (Fsp3) is 0.333. The number of hydrogen-bond donors (Lipinski definition) is 3. The molecule has 2 aromatic rings. The molecule has 0 aliphatic carbocycles. The van der Waals surface area contributed by atoms with Crippen molar-refractivity contribution in [2.45, 2.75) is 13.3 Å². The summed E-state index contributed by atoms with van der Waals surface area (Å²) in [6.45, 7) is 1.85. The van der Waals surface area contributed by atoms with Crippen LogP contribution in [-0.2, 0) is 9.59 Å². The number of rotatable bonds is 4. The fourth-order valence-corrected chi connectivity index (χ4v) is 3.10. The number of carboxylic acids is 1. The van der Waals surface area contributed by atoms with Crippen molar-refractivity contribution in [1.29, 1.82) is 0 Å². The van der Waals surface area contributed by atoms with Gasteiger partial charge in [-0.1, -0.05) is 0 Å². The van der Waals surface area contributed by atoms with Crippen LogP contribution in [-0.4, -0.2) is 51.1 Å². The van der Waals surface area contributed by atoms with Gasteiger partial charge in [0.2, 0.25) is 5.91 Å². The van der Waals surface area contributed by atoms with Crippen molar-refractivity contribution >= 4 is 23.5 Å². The molecule has 1 aromatic heterocycles. The molecule has 2 atom stereocenters. The van der Waals surface area contributed by atoms with Crippen LogP contribution in [0.2, 0.25) is 0 Å². The first-order chi connectivity index (χ1) is 12.8. The van der Waals surface area contributed by atoms with E-state index in [0.717, 1.165) is 0 Å². The molecule has 3 rings (SSSR count). The third-order valence-corrected chi connectivity index (χ3v) is 4.49. The number of anilines is 1. The predicted octanol–water partition coefficient (Wildman–Crippen LogP) is 1.66. The number of carbonyl (C=O) groups is 3. The Kier molecular flexibility index (Phi) is 5.20. The molecule has 2 amide bonds. The average molecular weight is 374 g/mol. The van der Waals surface area contributed by atoms with E-state index in [2.05, 4.69) is 15.5 Å². The largest absolute Gasteiger partial charge is 0.481 e. The summed E-state index contributed by atoms with van der Waals surface area (Å²) in [5, 5.41) is 18.6. The highest BCUT2D eigenvalue weighted by atomic mass is 19.1. The molecule has 2 heterocycles. The van der Waals surface area contributed by atoms with Crippen molar-refractivity contribution in [3.05, 3.63) is 47.5 Å². The smallest absolute Gasteiger partial charge is 0.308 e. The number of benzene rings is 1. The van der Waals surface area contributed by atoms with Gasteiger partial charge in [-0.05, 0) is 43.7 Å². The summed E-state index contributed by atoms with van der Waals surface area (Å²) in [6, 6.07) is 6.83. The maximum atomic E-state index is 13.0. The summed E-state index contributed by atoms with van der Waals surface area (Å²) in [7, 11) is 0. The van der Waals surface area contributed by atoms with E-state index in [-0.39, 0.29) is 25.2 Å². The number of hydrogen-bond acceptors (Lipinski definition) is 4. The molecule has 0 spiro atoms. The molecule has 1 fully saturated rings. The summed E-state index contributed by atoms with van der Waals surface area (Å²) >= 11 is 0. The lowest BCUT2D eigenvalue weighted by Crippen LogP contribution is -2.49. The van der Waals surface area contributed by atoms with E-state index in [0.29, 0.717) is 11.4 Å². The highest BCUT2D eigenvalue weighted by Crippen LogP contribution is 2.25. The van der Waals surface area contributed by atoms with Crippen LogP contribution < -0.4 is 5.32 Å². The number of aromatic nitrogens is 2. The number of piperidine rings is 1. The first kappa shape index (κ1) is 18.6. The lowest BCUT2D eigenvalue weighted by atomic mass is 9.88. The van der Waals surface area contributed by atoms with Gasteiger partial charge >= 0.3 is 5.97 Å². The number of amides is 2. The molecule has 1 aromatic carbocycles. The molecule has 0 bridgehead atoms. The molecule has 142 valence electrons. The minimum atomic E-state index is -1.06. The van der Waals surface area contributed by atoms with Gasteiger partial charge in [0, 0.05) is 24.5 Å². The third-order valence-electron chi connectivity index (χ3n) is 4.49. The molecule has 27 heavy (non-hydrogen) atoms. The van der Waals surface area contributed by atoms with Gasteiger partial charge in [-0.25, -0.2) is 4.39 Å². The van der Waals surface area contributed by atoms with Crippen molar-refractivity contribution in [2.24, 2.45) is 11.8 Å². The molecular weight excluding hydrogens is 355 g/mol. The average Bonchev–Trinajstić information content (AvgIpc) is 3.09. The van der Waals surface area contributed by atoms with Gasteiger partial charge in [0.15, 0.2) is 0 Å². The normalized spacial score (nSPS) is 19.6.